The number of unbranched alkanes of at least 4 members (excludes halogenated alkanes) is 2. The van der Waals surface area contributed by atoms with Gasteiger partial charge in [0.05, 0.1) is 5.60 Å². The summed E-state index contributed by atoms with van der Waals surface area (Å²) in [5.74, 6) is 1.92. The summed E-state index contributed by atoms with van der Waals surface area (Å²) in [4.78, 5) is 0. The highest BCUT2D eigenvalue weighted by Crippen LogP contribution is 2.46. The van der Waals surface area contributed by atoms with Crippen molar-refractivity contribution in [1.29, 1.82) is 0 Å². The maximum Gasteiger partial charge on any atom is 0.0742 e. The molecule has 0 heterocycles. The lowest BCUT2D eigenvalue weighted by molar-refractivity contribution is -0.111. The third-order valence-corrected chi connectivity index (χ3v) is 5.14. The normalized spacial score (nSPS) is 33.4. The van der Waals surface area contributed by atoms with Crippen molar-refractivity contribution in [2.45, 2.75) is 78.2 Å². The van der Waals surface area contributed by atoms with E-state index in [-0.39, 0.29) is 5.92 Å². The standard InChI is InChI=1S/C18H34O/c1-6-8-9-10-16(7-2)18(19)13-15(5)11-12-17(18)14(3)4/h7,14-17,19H,2,6,8-13H2,1,3-5H3/t15-,16+,17+,18-/m1/s1. The van der Waals surface area contributed by atoms with Crippen molar-refractivity contribution in [2.24, 2.45) is 23.7 Å². The topological polar surface area (TPSA) is 20.2 Å². The van der Waals surface area contributed by atoms with E-state index in [0.717, 1.165) is 12.8 Å². The molecule has 1 heteroatoms. The van der Waals surface area contributed by atoms with Gasteiger partial charge in [-0.2, -0.15) is 0 Å². The first-order valence-corrected chi connectivity index (χ1v) is 8.30. The Kier molecular flexibility index (Phi) is 6.59. The summed E-state index contributed by atoms with van der Waals surface area (Å²) < 4.78 is 0. The molecule has 0 aromatic heterocycles. The molecule has 0 radical (unpaired) electrons. The largest absolute Gasteiger partial charge is 0.389 e. The van der Waals surface area contributed by atoms with Gasteiger partial charge in [0.2, 0.25) is 0 Å². The highest BCUT2D eigenvalue weighted by Gasteiger charge is 2.46. The Morgan fingerprint density at radius 1 is 1.32 bits per heavy atom. The van der Waals surface area contributed by atoms with Crippen LogP contribution in [0.15, 0.2) is 12.7 Å². The van der Waals surface area contributed by atoms with Crippen molar-refractivity contribution < 1.29 is 5.11 Å². The molecule has 0 aromatic carbocycles. The molecule has 1 fully saturated rings. The van der Waals surface area contributed by atoms with E-state index in [1.165, 1.54) is 32.1 Å². The van der Waals surface area contributed by atoms with Crippen molar-refractivity contribution in [1.82, 2.24) is 0 Å². The van der Waals surface area contributed by atoms with Gasteiger partial charge in [0, 0.05) is 5.92 Å². The predicted molar refractivity (Wildman–Crippen MR) is 84.1 cm³/mol. The number of rotatable bonds is 7. The summed E-state index contributed by atoms with van der Waals surface area (Å²) in [6, 6.07) is 0. The smallest absolute Gasteiger partial charge is 0.0742 e. The summed E-state index contributed by atoms with van der Waals surface area (Å²) in [5, 5.41) is 11.4. The number of aliphatic hydroxyl groups is 1. The van der Waals surface area contributed by atoms with Gasteiger partial charge in [-0.25, -0.2) is 0 Å². The van der Waals surface area contributed by atoms with E-state index in [9.17, 15) is 5.11 Å². The predicted octanol–water partition coefficient (Wildman–Crippen LogP) is 5.19. The van der Waals surface area contributed by atoms with Crippen LogP contribution in [-0.2, 0) is 0 Å². The molecule has 0 aliphatic heterocycles. The zero-order valence-electron chi connectivity index (χ0n) is 13.5. The molecule has 1 saturated carbocycles. The van der Waals surface area contributed by atoms with Gasteiger partial charge in [0.1, 0.15) is 0 Å². The van der Waals surface area contributed by atoms with Crippen molar-refractivity contribution in [3.05, 3.63) is 12.7 Å². The third kappa shape index (κ3) is 4.08. The van der Waals surface area contributed by atoms with Crippen LogP contribution < -0.4 is 0 Å². The van der Waals surface area contributed by atoms with Crippen molar-refractivity contribution in [3.63, 3.8) is 0 Å². The molecule has 4 atom stereocenters. The fraction of sp³-hybridized carbons (Fsp3) is 0.889. The Morgan fingerprint density at radius 2 is 2.00 bits per heavy atom. The van der Waals surface area contributed by atoms with Crippen LogP contribution in [0, 0.1) is 23.7 Å². The van der Waals surface area contributed by atoms with E-state index in [1.807, 2.05) is 6.08 Å². The quantitative estimate of drug-likeness (QED) is 0.496. The van der Waals surface area contributed by atoms with Crippen LogP contribution in [0.2, 0.25) is 0 Å². The Bertz CT molecular complexity index is 271. The number of hydrogen-bond acceptors (Lipinski definition) is 1. The molecule has 1 rings (SSSR count). The summed E-state index contributed by atoms with van der Waals surface area (Å²) in [6.45, 7) is 13.1. The maximum atomic E-state index is 11.4. The minimum absolute atomic E-state index is 0.272. The Labute approximate surface area is 120 Å². The minimum atomic E-state index is -0.513. The van der Waals surface area contributed by atoms with Gasteiger partial charge in [-0.1, -0.05) is 59.5 Å². The van der Waals surface area contributed by atoms with Gasteiger partial charge in [0.15, 0.2) is 0 Å². The van der Waals surface area contributed by atoms with Crippen molar-refractivity contribution in [3.8, 4) is 0 Å². The second kappa shape index (κ2) is 7.47. The van der Waals surface area contributed by atoms with Crippen LogP contribution in [0.3, 0.4) is 0 Å². The molecule has 19 heavy (non-hydrogen) atoms. The first-order chi connectivity index (χ1) is 8.95. The Balaban J connectivity index is 2.82. The van der Waals surface area contributed by atoms with Gasteiger partial charge in [-0.05, 0) is 37.0 Å². The molecule has 1 aliphatic rings. The average molecular weight is 266 g/mol. The van der Waals surface area contributed by atoms with Gasteiger partial charge in [0.25, 0.3) is 0 Å². The first kappa shape index (κ1) is 16.8. The van der Waals surface area contributed by atoms with E-state index < -0.39 is 5.60 Å². The molecular weight excluding hydrogens is 232 g/mol. The minimum Gasteiger partial charge on any atom is -0.389 e. The Hall–Kier alpha value is -0.300. The molecular formula is C18H34O. The second-order valence-corrected chi connectivity index (χ2v) is 7.07. The number of hydrogen-bond donors (Lipinski definition) is 1. The van der Waals surface area contributed by atoms with E-state index >= 15 is 0 Å². The van der Waals surface area contributed by atoms with Gasteiger partial charge in [-0.15, -0.1) is 6.58 Å². The summed E-state index contributed by atoms with van der Waals surface area (Å²) in [6.07, 6.45) is 10.3. The molecule has 0 amide bonds. The van der Waals surface area contributed by atoms with E-state index in [0.29, 0.717) is 17.8 Å². The molecule has 1 N–H and O–H groups in total. The fourth-order valence-corrected chi connectivity index (χ4v) is 4.05. The van der Waals surface area contributed by atoms with Crippen LogP contribution in [-0.4, -0.2) is 10.7 Å². The summed E-state index contributed by atoms with van der Waals surface area (Å²) in [5.41, 5.74) is -0.513. The van der Waals surface area contributed by atoms with Gasteiger partial charge in [-0.3, -0.25) is 0 Å². The van der Waals surface area contributed by atoms with E-state index in [1.54, 1.807) is 0 Å². The van der Waals surface area contributed by atoms with Crippen molar-refractivity contribution >= 4 is 0 Å². The first-order valence-electron chi connectivity index (χ1n) is 8.30. The van der Waals surface area contributed by atoms with Gasteiger partial charge < -0.3 is 5.11 Å². The van der Waals surface area contributed by atoms with Crippen LogP contribution in [0.5, 0.6) is 0 Å². The summed E-state index contributed by atoms with van der Waals surface area (Å²) in [7, 11) is 0. The van der Waals surface area contributed by atoms with Gasteiger partial charge >= 0.3 is 0 Å². The molecule has 1 nitrogen and oxygen atoms in total. The molecule has 112 valence electrons. The fourth-order valence-electron chi connectivity index (χ4n) is 4.05. The van der Waals surface area contributed by atoms with Crippen LogP contribution >= 0.6 is 0 Å². The maximum absolute atomic E-state index is 11.4. The summed E-state index contributed by atoms with van der Waals surface area (Å²) >= 11 is 0. The second-order valence-electron chi connectivity index (χ2n) is 7.07. The monoisotopic (exact) mass is 266 g/mol. The zero-order chi connectivity index (χ0) is 14.5. The molecule has 0 saturated heterocycles. The van der Waals surface area contributed by atoms with Crippen molar-refractivity contribution in [2.75, 3.05) is 0 Å². The van der Waals surface area contributed by atoms with E-state index in [4.69, 9.17) is 0 Å². The molecule has 0 spiro atoms. The average Bonchev–Trinajstić information content (AvgIpc) is 2.33. The molecule has 1 aliphatic carbocycles. The van der Waals surface area contributed by atoms with Crippen LogP contribution in [0.4, 0.5) is 0 Å². The highest BCUT2D eigenvalue weighted by molar-refractivity contribution is 5.03. The lowest BCUT2D eigenvalue weighted by atomic mass is 9.61. The van der Waals surface area contributed by atoms with Crippen LogP contribution in [0.1, 0.15) is 72.6 Å². The highest BCUT2D eigenvalue weighted by atomic mass is 16.3. The molecule has 0 unspecified atom stereocenters. The molecule has 0 aromatic rings. The van der Waals surface area contributed by atoms with Crippen LogP contribution in [0.25, 0.3) is 0 Å². The molecule has 0 bridgehead atoms. The zero-order valence-corrected chi connectivity index (χ0v) is 13.5. The lowest BCUT2D eigenvalue weighted by Gasteiger charge is -2.48. The Morgan fingerprint density at radius 3 is 2.53 bits per heavy atom. The SMILES string of the molecule is C=C[C@@H](CCCCC)[C@]1(O)C[C@H](C)CC[C@H]1C(C)C. The lowest BCUT2D eigenvalue weighted by Crippen LogP contribution is -2.50. The van der Waals surface area contributed by atoms with E-state index in [2.05, 4.69) is 34.3 Å². The third-order valence-electron chi connectivity index (χ3n) is 5.14.